The molecule has 0 saturated carbocycles. The van der Waals surface area contributed by atoms with E-state index >= 15 is 0 Å². The highest BCUT2D eigenvalue weighted by atomic mass is 32.1. The summed E-state index contributed by atoms with van der Waals surface area (Å²) in [6.45, 7) is 1.38. The van der Waals surface area contributed by atoms with E-state index < -0.39 is 5.92 Å². The van der Waals surface area contributed by atoms with Crippen molar-refractivity contribution in [2.75, 3.05) is 20.2 Å². The van der Waals surface area contributed by atoms with Gasteiger partial charge in [0.05, 0.1) is 17.0 Å². The van der Waals surface area contributed by atoms with Crippen molar-refractivity contribution in [1.29, 1.82) is 0 Å². The number of piperidine rings is 1. The van der Waals surface area contributed by atoms with Crippen molar-refractivity contribution in [2.24, 2.45) is 11.7 Å². The van der Waals surface area contributed by atoms with Crippen LogP contribution in [0.5, 0.6) is 0 Å². The Morgan fingerprint density at radius 1 is 1.48 bits per heavy atom. The molecule has 0 radical (unpaired) electrons. The molecule has 2 rings (SSSR count). The van der Waals surface area contributed by atoms with Crippen LogP contribution in [0.2, 0.25) is 0 Å². The lowest BCUT2D eigenvalue weighted by Gasteiger charge is -2.34. The van der Waals surface area contributed by atoms with Crippen molar-refractivity contribution in [3.8, 4) is 0 Å². The molecule has 2 N–H and O–H groups in total. The first kappa shape index (κ1) is 15.9. The van der Waals surface area contributed by atoms with Gasteiger partial charge in [0, 0.05) is 20.2 Å². The summed E-state index contributed by atoms with van der Waals surface area (Å²) < 4.78 is 5.37. The summed E-state index contributed by atoms with van der Waals surface area (Å²) in [6, 6.07) is 9.85. The van der Waals surface area contributed by atoms with Gasteiger partial charge in [-0.05, 0) is 24.8 Å². The van der Waals surface area contributed by atoms with Crippen LogP contribution in [0.1, 0.15) is 18.4 Å². The second-order valence-electron chi connectivity index (χ2n) is 5.43. The monoisotopic (exact) mass is 306 g/mol. The number of hydrogen-bond acceptors (Lipinski definition) is 3. The second kappa shape index (κ2) is 7.52. The fraction of sp³-hybridized carbons (Fsp3) is 0.500. The number of nitrogens with zero attached hydrogens (tertiary/aromatic N) is 1. The molecule has 1 heterocycles. The molecule has 2 unspecified atom stereocenters. The minimum absolute atomic E-state index is 0.0214. The molecule has 5 heteroatoms. The molecule has 1 amide bonds. The molecule has 0 aromatic heterocycles. The molecule has 0 bridgehead atoms. The topological polar surface area (TPSA) is 55.6 Å². The Morgan fingerprint density at radius 3 is 2.81 bits per heavy atom. The second-order valence-corrected chi connectivity index (χ2v) is 5.90. The molecule has 1 aliphatic rings. The number of thiocarbonyl (C=S) groups is 1. The molecule has 114 valence electrons. The first-order valence-corrected chi connectivity index (χ1v) is 7.67. The minimum Gasteiger partial charge on any atom is -0.393 e. The third-order valence-electron chi connectivity index (χ3n) is 3.95. The Balaban J connectivity index is 2.07. The van der Waals surface area contributed by atoms with E-state index in [2.05, 4.69) is 0 Å². The molecule has 1 fully saturated rings. The smallest absolute Gasteiger partial charge is 0.232 e. The third kappa shape index (κ3) is 4.25. The van der Waals surface area contributed by atoms with Crippen molar-refractivity contribution in [3.63, 3.8) is 0 Å². The zero-order valence-corrected chi connectivity index (χ0v) is 13.1. The van der Waals surface area contributed by atoms with Crippen molar-refractivity contribution in [2.45, 2.75) is 25.4 Å². The minimum atomic E-state index is -0.432. The number of ether oxygens (including phenoxy) is 1. The summed E-state index contributed by atoms with van der Waals surface area (Å²) >= 11 is 5.12. The zero-order chi connectivity index (χ0) is 15.2. The van der Waals surface area contributed by atoms with E-state index in [4.69, 9.17) is 22.7 Å². The lowest BCUT2D eigenvalue weighted by Crippen LogP contribution is -2.48. The number of benzene rings is 1. The lowest BCUT2D eigenvalue weighted by atomic mass is 9.96. The summed E-state index contributed by atoms with van der Waals surface area (Å²) in [4.78, 5) is 14.8. The fourth-order valence-corrected chi connectivity index (χ4v) is 2.89. The van der Waals surface area contributed by atoms with Crippen LogP contribution in [0.4, 0.5) is 0 Å². The van der Waals surface area contributed by atoms with Gasteiger partial charge in [-0.3, -0.25) is 4.79 Å². The van der Waals surface area contributed by atoms with E-state index in [9.17, 15) is 4.79 Å². The first-order chi connectivity index (χ1) is 10.1. The van der Waals surface area contributed by atoms with Crippen LogP contribution < -0.4 is 5.73 Å². The average Bonchev–Trinajstić information content (AvgIpc) is 2.52. The predicted molar refractivity (Wildman–Crippen MR) is 87.0 cm³/mol. The van der Waals surface area contributed by atoms with Gasteiger partial charge in [-0.2, -0.15) is 0 Å². The summed E-state index contributed by atoms with van der Waals surface area (Å²) in [5.41, 5.74) is 6.89. The molecule has 1 aromatic rings. The van der Waals surface area contributed by atoms with Crippen molar-refractivity contribution in [1.82, 2.24) is 4.90 Å². The van der Waals surface area contributed by atoms with Crippen molar-refractivity contribution in [3.05, 3.63) is 35.9 Å². The van der Waals surface area contributed by atoms with Crippen LogP contribution in [0.3, 0.4) is 0 Å². The Labute approximate surface area is 131 Å². The average molecular weight is 306 g/mol. The van der Waals surface area contributed by atoms with Gasteiger partial charge in [0.25, 0.3) is 0 Å². The molecular weight excluding hydrogens is 284 g/mol. The first-order valence-electron chi connectivity index (χ1n) is 7.26. The van der Waals surface area contributed by atoms with Crippen molar-refractivity contribution >= 4 is 23.1 Å². The number of amides is 1. The number of carbonyl (C=O) groups excluding carboxylic acids is 1. The van der Waals surface area contributed by atoms with Gasteiger partial charge in [0.1, 0.15) is 0 Å². The number of hydrogen-bond donors (Lipinski definition) is 1. The summed E-state index contributed by atoms with van der Waals surface area (Å²) in [5.74, 6) is -0.411. The molecule has 2 atom stereocenters. The fourth-order valence-electron chi connectivity index (χ4n) is 2.71. The molecule has 4 nitrogen and oxygen atoms in total. The maximum atomic E-state index is 12.7. The highest BCUT2D eigenvalue weighted by molar-refractivity contribution is 7.80. The van der Waals surface area contributed by atoms with Gasteiger partial charge in [0.15, 0.2) is 0 Å². The van der Waals surface area contributed by atoms with E-state index in [1.54, 1.807) is 7.11 Å². The van der Waals surface area contributed by atoms with E-state index in [1.165, 1.54) is 0 Å². The third-order valence-corrected chi connectivity index (χ3v) is 4.23. The van der Waals surface area contributed by atoms with Gasteiger partial charge >= 0.3 is 0 Å². The van der Waals surface area contributed by atoms with Crippen LogP contribution in [0.25, 0.3) is 0 Å². The molecule has 0 aliphatic carbocycles. The van der Waals surface area contributed by atoms with Gasteiger partial charge in [-0.25, -0.2) is 0 Å². The molecule has 1 aliphatic heterocycles. The van der Waals surface area contributed by atoms with E-state index in [0.29, 0.717) is 13.0 Å². The number of nitrogens with two attached hydrogens (primary N) is 1. The lowest BCUT2D eigenvalue weighted by molar-refractivity contribution is -0.136. The number of carbonyl (C=O) groups is 1. The maximum absolute atomic E-state index is 12.7. The van der Waals surface area contributed by atoms with Crippen molar-refractivity contribution < 1.29 is 9.53 Å². The molecule has 21 heavy (non-hydrogen) atoms. The quantitative estimate of drug-likeness (QED) is 0.842. The standard InChI is InChI=1S/C16H22N2O2S/c1-20-13-8-5-9-18(11-13)16(19)14(15(17)21)10-12-6-3-2-4-7-12/h2-4,6-7,13-14H,5,8-11H2,1H3,(H2,17,21). The maximum Gasteiger partial charge on any atom is 0.232 e. The molecular formula is C16H22N2O2S. The Hall–Kier alpha value is -1.46. The van der Waals surface area contributed by atoms with E-state index in [-0.39, 0.29) is 17.0 Å². The van der Waals surface area contributed by atoms with Crippen LogP contribution >= 0.6 is 12.2 Å². The SMILES string of the molecule is COC1CCCN(C(=O)C(Cc2ccccc2)C(N)=S)C1. The van der Waals surface area contributed by atoms with Crippen LogP contribution in [0, 0.1) is 5.92 Å². The number of likely N-dealkylation sites (tertiary alicyclic amines) is 1. The van der Waals surface area contributed by atoms with Gasteiger partial charge < -0.3 is 15.4 Å². The van der Waals surface area contributed by atoms with Gasteiger partial charge in [-0.1, -0.05) is 42.5 Å². The molecule has 0 spiro atoms. The predicted octanol–water partition coefficient (Wildman–Crippen LogP) is 1.77. The Morgan fingerprint density at radius 2 is 2.19 bits per heavy atom. The summed E-state index contributed by atoms with van der Waals surface area (Å²) in [7, 11) is 1.69. The summed E-state index contributed by atoms with van der Waals surface area (Å²) in [5, 5.41) is 0. The number of rotatable bonds is 5. The van der Waals surface area contributed by atoms with E-state index in [1.807, 2.05) is 35.2 Å². The van der Waals surface area contributed by atoms with E-state index in [0.717, 1.165) is 24.9 Å². The Kier molecular flexibility index (Phi) is 5.70. The van der Waals surface area contributed by atoms with Gasteiger partial charge in [0.2, 0.25) is 5.91 Å². The zero-order valence-electron chi connectivity index (χ0n) is 12.3. The van der Waals surface area contributed by atoms with Crippen LogP contribution in [-0.2, 0) is 16.0 Å². The largest absolute Gasteiger partial charge is 0.393 e. The molecule has 1 saturated heterocycles. The molecule has 1 aromatic carbocycles. The highest BCUT2D eigenvalue weighted by Crippen LogP contribution is 2.18. The number of methoxy groups -OCH3 is 1. The van der Waals surface area contributed by atoms with Crippen LogP contribution in [0.15, 0.2) is 30.3 Å². The normalized spacial score (nSPS) is 20.0. The highest BCUT2D eigenvalue weighted by Gasteiger charge is 2.30. The van der Waals surface area contributed by atoms with Crippen LogP contribution in [-0.4, -0.2) is 42.1 Å². The summed E-state index contributed by atoms with van der Waals surface area (Å²) in [6.07, 6.45) is 2.63. The van der Waals surface area contributed by atoms with Gasteiger partial charge in [-0.15, -0.1) is 0 Å². The Bertz CT molecular complexity index is 492.